The fourth-order valence-corrected chi connectivity index (χ4v) is 6.66. The normalized spacial score (nSPS) is 14.7. The minimum absolute atomic E-state index is 0.00575. The average Bonchev–Trinajstić information content (AvgIpc) is 3.62. The van der Waals surface area contributed by atoms with Gasteiger partial charge in [-0.25, -0.2) is 18.2 Å². The van der Waals surface area contributed by atoms with Crippen molar-refractivity contribution in [2.24, 2.45) is 0 Å². The number of benzene rings is 1. The molecule has 0 radical (unpaired) electrons. The van der Waals surface area contributed by atoms with Gasteiger partial charge in [0.2, 0.25) is 5.88 Å². The summed E-state index contributed by atoms with van der Waals surface area (Å²) in [5, 5.41) is 11.0. The fourth-order valence-electron chi connectivity index (χ4n) is 4.64. The number of nitrogens with one attached hydrogen (secondary N) is 1. The molecule has 4 aromatic rings. The molecule has 0 spiro atoms. The van der Waals surface area contributed by atoms with E-state index in [4.69, 9.17) is 4.74 Å². The average molecular weight is 583 g/mol. The quantitative estimate of drug-likeness (QED) is 0.251. The smallest absolute Gasteiger partial charge is 0.326 e. The highest BCUT2D eigenvalue weighted by molar-refractivity contribution is 7.89. The van der Waals surface area contributed by atoms with E-state index < -0.39 is 9.84 Å². The molecule has 11 heteroatoms. The minimum Gasteiger partial charge on any atom is -0.439 e. The van der Waals surface area contributed by atoms with Gasteiger partial charge in [-0.2, -0.15) is 22.7 Å². The number of thiophene rings is 2. The highest BCUT2D eigenvalue weighted by Crippen LogP contribution is 2.28. The van der Waals surface area contributed by atoms with Crippen LogP contribution in [-0.4, -0.2) is 49.7 Å². The monoisotopic (exact) mass is 582 g/mol. The third-order valence-electron chi connectivity index (χ3n) is 6.48. The first-order valence-electron chi connectivity index (χ1n) is 12.6. The minimum atomic E-state index is -3.07. The van der Waals surface area contributed by atoms with Crippen molar-refractivity contribution >= 4 is 49.9 Å². The van der Waals surface area contributed by atoms with E-state index >= 15 is 0 Å². The van der Waals surface area contributed by atoms with Gasteiger partial charge >= 0.3 is 6.03 Å². The Labute approximate surface area is 236 Å². The predicted octanol–water partition coefficient (Wildman–Crippen LogP) is 6.24. The maximum absolute atomic E-state index is 13.2. The van der Waals surface area contributed by atoms with E-state index in [0.29, 0.717) is 11.6 Å². The van der Waals surface area contributed by atoms with Gasteiger partial charge < -0.3 is 10.1 Å². The van der Waals surface area contributed by atoms with Crippen molar-refractivity contribution in [2.75, 3.05) is 29.6 Å². The van der Waals surface area contributed by atoms with E-state index in [1.54, 1.807) is 46.9 Å². The van der Waals surface area contributed by atoms with Gasteiger partial charge in [0.05, 0.1) is 17.1 Å². The van der Waals surface area contributed by atoms with Gasteiger partial charge in [0, 0.05) is 55.0 Å². The third kappa shape index (κ3) is 7.66. The molecule has 0 unspecified atom stereocenters. The molecule has 0 bridgehead atoms. The maximum Gasteiger partial charge on any atom is 0.326 e. The number of pyridine rings is 1. The lowest BCUT2D eigenvalue weighted by Crippen LogP contribution is -2.48. The molecule has 0 aliphatic carbocycles. The van der Waals surface area contributed by atoms with Crippen molar-refractivity contribution in [3.63, 3.8) is 0 Å². The Morgan fingerprint density at radius 1 is 1.03 bits per heavy atom. The summed E-state index contributed by atoms with van der Waals surface area (Å²) in [6.07, 6.45) is 4.82. The van der Waals surface area contributed by atoms with Crippen molar-refractivity contribution in [1.82, 2.24) is 9.88 Å². The molecule has 1 N–H and O–H groups in total. The first-order chi connectivity index (χ1) is 18.8. The molecule has 0 saturated carbocycles. The summed E-state index contributed by atoms with van der Waals surface area (Å²) in [5.41, 5.74) is 3.58. The van der Waals surface area contributed by atoms with Gasteiger partial charge in [0.25, 0.3) is 0 Å². The largest absolute Gasteiger partial charge is 0.439 e. The summed E-state index contributed by atoms with van der Waals surface area (Å²) in [7, 11) is -3.07. The van der Waals surface area contributed by atoms with Gasteiger partial charge in [-0.15, -0.1) is 0 Å². The first kappa shape index (κ1) is 27.3. The van der Waals surface area contributed by atoms with Crippen molar-refractivity contribution in [3.05, 3.63) is 87.4 Å². The van der Waals surface area contributed by atoms with Crippen LogP contribution in [-0.2, 0) is 22.1 Å². The fraction of sp³-hybridized carbons (Fsp3) is 0.286. The lowest BCUT2D eigenvalue weighted by atomic mass is 10.0. The second-order valence-electron chi connectivity index (χ2n) is 9.62. The molecule has 1 fully saturated rings. The van der Waals surface area contributed by atoms with Crippen LogP contribution in [0.5, 0.6) is 11.6 Å². The molecule has 1 aromatic carbocycles. The molecule has 3 aromatic heterocycles. The molecule has 1 aliphatic rings. The number of hydrogen-bond acceptors (Lipinski definition) is 8. The Morgan fingerprint density at radius 2 is 1.74 bits per heavy atom. The van der Waals surface area contributed by atoms with Crippen LogP contribution in [0.1, 0.15) is 24.0 Å². The molecular weight excluding hydrogens is 553 g/mol. The molecule has 1 saturated heterocycles. The van der Waals surface area contributed by atoms with Crippen molar-refractivity contribution in [3.8, 4) is 11.6 Å². The Balaban J connectivity index is 1.14. The Kier molecular flexibility index (Phi) is 8.61. The van der Waals surface area contributed by atoms with E-state index in [1.165, 1.54) is 6.26 Å². The van der Waals surface area contributed by atoms with Crippen molar-refractivity contribution in [1.29, 1.82) is 0 Å². The summed E-state index contributed by atoms with van der Waals surface area (Å²) in [6, 6.07) is 14.8. The number of piperidine rings is 1. The summed E-state index contributed by atoms with van der Waals surface area (Å²) in [4.78, 5) is 21.9. The van der Waals surface area contributed by atoms with Crippen molar-refractivity contribution in [2.45, 2.75) is 31.2 Å². The number of ether oxygens (including phenoxy) is 1. The van der Waals surface area contributed by atoms with E-state index in [1.807, 2.05) is 56.9 Å². The number of rotatable bonds is 9. The number of aromatic nitrogens is 1. The number of amides is 2. The molecule has 5 rings (SSSR count). The number of hydrogen-bond donors (Lipinski definition) is 1. The van der Waals surface area contributed by atoms with Crippen LogP contribution >= 0.6 is 22.7 Å². The van der Waals surface area contributed by atoms with Crippen molar-refractivity contribution < 1.29 is 17.9 Å². The lowest BCUT2D eigenvalue weighted by Gasteiger charge is -2.38. The topological polar surface area (TPSA) is 91.8 Å². The van der Waals surface area contributed by atoms with Crippen LogP contribution in [0.25, 0.3) is 0 Å². The first-order valence-corrected chi connectivity index (χ1v) is 16.5. The summed E-state index contributed by atoms with van der Waals surface area (Å²) < 4.78 is 28.8. The van der Waals surface area contributed by atoms with Crippen LogP contribution < -0.4 is 15.0 Å². The number of carbonyl (C=O) groups excluding carboxylic acids is 1. The number of likely N-dealkylation sites (tertiary alicyclic amines) is 1. The van der Waals surface area contributed by atoms with Gasteiger partial charge in [-0.05, 0) is 59.0 Å². The SMILES string of the molecule is CS(=O)(=O)Cc1ccc(Oc2ccc(CN3CCC(N(C(=O)Nc4ccsc4)c4ccsc4)CC3)cn2)cc1. The molecule has 0 atom stereocenters. The van der Waals surface area contributed by atoms with Crippen LogP contribution in [0.2, 0.25) is 0 Å². The zero-order chi connectivity index (χ0) is 27.2. The standard InChI is InChI=1S/C28H30N4O4S3/c1-39(34,35)20-21-2-5-26(6-3-21)36-27-7-4-22(16-29-27)17-31-12-8-24(9-13-31)32(25-11-15-38-19-25)28(33)30-23-10-14-37-18-23/h2-7,10-11,14-16,18-19,24H,8-9,12-13,17,20H2,1H3,(H,30,33). The van der Waals surface area contributed by atoms with Gasteiger partial charge in [0.15, 0.2) is 9.84 Å². The summed E-state index contributed by atoms with van der Waals surface area (Å²) in [5.74, 6) is 1.09. The molecule has 2 amide bonds. The highest BCUT2D eigenvalue weighted by Gasteiger charge is 2.29. The Bertz CT molecular complexity index is 1450. The number of anilines is 2. The molecule has 8 nitrogen and oxygen atoms in total. The van der Waals surface area contributed by atoms with Gasteiger partial charge in [0.1, 0.15) is 5.75 Å². The second kappa shape index (κ2) is 12.3. The van der Waals surface area contributed by atoms with E-state index in [2.05, 4.69) is 15.2 Å². The summed E-state index contributed by atoms with van der Waals surface area (Å²) in [6.45, 7) is 2.55. The Morgan fingerprint density at radius 3 is 2.36 bits per heavy atom. The predicted molar refractivity (Wildman–Crippen MR) is 158 cm³/mol. The van der Waals surface area contributed by atoms with E-state index in [-0.39, 0.29) is 17.8 Å². The zero-order valence-corrected chi connectivity index (χ0v) is 24.0. The van der Waals surface area contributed by atoms with E-state index in [0.717, 1.165) is 55.0 Å². The van der Waals surface area contributed by atoms with Crippen LogP contribution in [0.3, 0.4) is 0 Å². The van der Waals surface area contributed by atoms with Crippen LogP contribution in [0.15, 0.2) is 76.2 Å². The maximum atomic E-state index is 13.2. The van der Waals surface area contributed by atoms with Crippen LogP contribution in [0, 0.1) is 0 Å². The molecule has 4 heterocycles. The molecule has 204 valence electrons. The second-order valence-corrected chi connectivity index (χ2v) is 13.3. The molecule has 1 aliphatic heterocycles. The van der Waals surface area contributed by atoms with Gasteiger partial charge in [-0.1, -0.05) is 18.2 Å². The van der Waals surface area contributed by atoms with Gasteiger partial charge in [-0.3, -0.25) is 9.80 Å². The number of sulfone groups is 1. The number of nitrogens with zero attached hydrogens (tertiary/aromatic N) is 3. The zero-order valence-electron chi connectivity index (χ0n) is 21.5. The number of carbonyl (C=O) groups is 1. The summed E-state index contributed by atoms with van der Waals surface area (Å²) >= 11 is 3.16. The van der Waals surface area contributed by atoms with E-state index in [9.17, 15) is 13.2 Å². The molecule has 39 heavy (non-hydrogen) atoms. The molecular formula is C28H30N4O4S3. The Hall–Kier alpha value is -3.25. The third-order valence-corrected chi connectivity index (χ3v) is 8.69. The van der Waals surface area contributed by atoms with Crippen LogP contribution in [0.4, 0.5) is 16.2 Å². The highest BCUT2D eigenvalue weighted by atomic mass is 32.2. The number of urea groups is 1. The lowest BCUT2D eigenvalue weighted by molar-refractivity contribution is 0.199.